The van der Waals surface area contributed by atoms with Gasteiger partial charge in [-0.1, -0.05) is 388 Å². The van der Waals surface area contributed by atoms with Crippen molar-refractivity contribution in [2.75, 3.05) is 39.6 Å². The molecular weight excluding hydrogens is 1320 g/mol. The van der Waals surface area contributed by atoms with E-state index in [1.807, 2.05) is 0 Å². The van der Waals surface area contributed by atoms with Crippen LogP contribution in [0.15, 0.2) is 0 Å². The van der Waals surface area contributed by atoms with Crippen LogP contribution in [0.4, 0.5) is 0 Å². The van der Waals surface area contributed by atoms with Gasteiger partial charge in [0, 0.05) is 25.7 Å². The molecule has 0 aromatic rings. The summed E-state index contributed by atoms with van der Waals surface area (Å²) in [6, 6.07) is 0. The number of rotatable bonds is 82. The van der Waals surface area contributed by atoms with Gasteiger partial charge in [0.15, 0.2) is 12.2 Å². The smallest absolute Gasteiger partial charge is 0.462 e. The lowest BCUT2D eigenvalue weighted by atomic mass is 10.0. The minimum Gasteiger partial charge on any atom is -0.462 e. The van der Waals surface area contributed by atoms with E-state index in [1.165, 1.54) is 250 Å². The molecule has 0 aliphatic carbocycles. The van der Waals surface area contributed by atoms with Crippen LogP contribution in [-0.2, 0) is 65.4 Å². The molecule has 2 unspecified atom stereocenters. The highest BCUT2D eigenvalue weighted by Crippen LogP contribution is 2.45. The predicted molar refractivity (Wildman–Crippen MR) is 414 cm³/mol. The van der Waals surface area contributed by atoms with Crippen molar-refractivity contribution in [3.05, 3.63) is 0 Å². The first-order valence-electron chi connectivity index (χ1n) is 42.6. The molecule has 5 atom stereocenters. The second-order valence-corrected chi connectivity index (χ2v) is 32.9. The van der Waals surface area contributed by atoms with Crippen molar-refractivity contribution >= 4 is 39.5 Å². The summed E-state index contributed by atoms with van der Waals surface area (Å²) in [5.74, 6) is -1.31. The van der Waals surface area contributed by atoms with Gasteiger partial charge in [-0.05, 0) is 31.6 Å². The molecule has 600 valence electrons. The van der Waals surface area contributed by atoms with E-state index in [1.54, 1.807) is 0 Å². The maximum Gasteiger partial charge on any atom is 0.472 e. The van der Waals surface area contributed by atoms with Crippen LogP contribution in [-0.4, -0.2) is 96.7 Å². The Labute approximate surface area is 619 Å². The molecule has 0 saturated heterocycles. The zero-order valence-electron chi connectivity index (χ0n) is 66.1. The highest BCUT2D eigenvalue weighted by molar-refractivity contribution is 7.47. The summed E-state index contributed by atoms with van der Waals surface area (Å²) in [5.41, 5.74) is 0. The van der Waals surface area contributed by atoms with Crippen molar-refractivity contribution in [1.29, 1.82) is 0 Å². The number of esters is 4. The van der Waals surface area contributed by atoms with Crippen molar-refractivity contribution in [2.24, 2.45) is 5.92 Å². The number of carbonyl (C=O) groups is 4. The molecule has 0 aliphatic heterocycles. The maximum atomic E-state index is 13.1. The fourth-order valence-corrected chi connectivity index (χ4v) is 14.3. The summed E-state index contributed by atoms with van der Waals surface area (Å²) in [6.07, 6.45) is 66.8. The van der Waals surface area contributed by atoms with Gasteiger partial charge in [-0.25, -0.2) is 9.13 Å². The van der Waals surface area contributed by atoms with E-state index < -0.39 is 97.5 Å². The van der Waals surface area contributed by atoms with Gasteiger partial charge >= 0.3 is 39.5 Å². The molecule has 0 heterocycles. The number of aliphatic hydroxyl groups is 1. The number of phosphoric acid groups is 2. The standard InChI is InChI=1S/C82H160O17P2/c1-6-9-12-15-18-20-22-24-26-28-30-34-38-42-46-51-56-61-66-80(85)93-72-78(99-82(87)68-63-58-53-48-44-40-36-32-33-37-41-45-50-54-59-64-75(4)5)74-97-101(90,91)95-70-76(83)69-94-100(88,89)96-73-77(71-92-79(84)65-60-55-49-17-14-11-8-3)98-81(86)67-62-57-52-47-43-39-35-31-29-27-25-23-21-19-16-13-10-7-2/h75-78,83H,6-74H2,1-5H3,(H,88,89)(H,90,91)/t76-,77+,78+/m0/s1. The van der Waals surface area contributed by atoms with Gasteiger partial charge in [-0.15, -0.1) is 0 Å². The van der Waals surface area contributed by atoms with Crippen LogP contribution < -0.4 is 0 Å². The van der Waals surface area contributed by atoms with E-state index in [0.717, 1.165) is 109 Å². The first kappa shape index (κ1) is 99.1. The first-order chi connectivity index (χ1) is 49.0. The molecule has 0 radical (unpaired) electrons. The monoisotopic (exact) mass is 1480 g/mol. The first-order valence-corrected chi connectivity index (χ1v) is 45.6. The predicted octanol–water partition coefficient (Wildman–Crippen LogP) is 24.8. The maximum absolute atomic E-state index is 13.1. The lowest BCUT2D eigenvalue weighted by Gasteiger charge is -2.21. The molecule has 3 N–H and O–H groups in total. The normalized spacial score (nSPS) is 13.8. The van der Waals surface area contributed by atoms with Crippen LogP contribution in [0, 0.1) is 5.92 Å². The zero-order valence-corrected chi connectivity index (χ0v) is 67.8. The highest BCUT2D eigenvalue weighted by Gasteiger charge is 2.30. The molecular formula is C82H160O17P2. The second-order valence-electron chi connectivity index (χ2n) is 30.0. The fourth-order valence-electron chi connectivity index (χ4n) is 12.8. The Morgan fingerprint density at radius 3 is 0.673 bits per heavy atom. The highest BCUT2D eigenvalue weighted by atomic mass is 31.2. The molecule has 101 heavy (non-hydrogen) atoms. The Hall–Kier alpha value is -1.94. The van der Waals surface area contributed by atoms with Crippen LogP contribution in [0.3, 0.4) is 0 Å². The number of unbranched alkanes of at least 4 members (excludes halogenated alkanes) is 54. The molecule has 0 spiro atoms. The Bertz CT molecular complexity index is 1930. The third kappa shape index (κ3) is 76.1. The third-order valence-corrected chi connectivity index (χ3v) is 21.2. The molecule has 19 heteroatoms. The van der Waals surface area contributed by atoms with Crippen LogP contribution in [0.1, 0.15) is 439 Å². The number of aliphatic hydroxyl groups excluding tert-OH is 1. The zero-order chi connectivity index (χ0) is 74.1. The van der Waals surface area contributed by atoms with Gasteiger partial charge < -0.3 is 33.8 Å². The van der Waals surface area contributed by atoms with Crippen molar-refractivity contribution < 1.29 is 80.2 Å². The molecule has 0 aromatic heterocycles. The topological polar surface area (TPSA) is 237 Å². The van der Waals surface area contributed by atoms with Crippen LogP contribution >= 0.6 is 15.6 Å². The van der Waals surface area contributed by atoms with Gasteiger partial charge in [0.1, 0.15) is 19.3 Å². The quantitative estimate of drug-likeness (QED) is 0.0222. The van der Waals surface area contributed by atoms with Crippen LogP contribution in [0.5, 0.6) is 0 Å². The number of phosphoric ester groups is 2. The van der Waals surface area contributed by atoms with E-state index in [4.69, 9.17) is 37.0 Å². The van der Waals surface area contributed by atoms with Crippen LogP contribution in [0.2, 0.25) is 0 Å². The molecule has 0 amide bonds. The van der Waals surface area contributed by atoms with Gasteiger partial charge in [-0.2, -0.15) is 0 Å². The van der Waals surface area contributed by atoms with E-state index in [0.29, 0.717) is 25.7 Å². The molecule has 0 fully saturated rings. The summed E-state index contributed by atoms with van der Waals surface area (Å²) in [7, 11) is -9.91. The van der Waals surface area contributed by atoms with E-state index in [-0.39, 0.29) is 25.7 Å². The van der Waals surface area contributed by atoms with Gasteiger partial charge in [0.25, 0.3) is 0 Å². The lowest BCUT2D eigenvalue weighted by molar-refractivity contribution is -0.161. The van der Waals surface area contributed by atoms with Crippen LogP contribution in [0.25, 0.3) is 0 Å². The molecule has 17 nitrogen and oxygen atoms in total. The molecule has 0 aliphatic rings. The summed E-state index contributed by atoms with van der Waals surface area (Å²) < 4.78 is 68.7. The SMILES string of the molecule is CCCCCCCCCCCCCCCCCCCCC(=O)OC[C@H](COP(=O)(O)OC[C@@H](O)COP(=O)(O)OC[C@@H](COC(=O)CCCCCCCCC)OC(=O)CCCCCCCCCCCCCCCCCCCC)OC(=O)CCCCCCCCCCCCCCCCCC(C)C. The van der Waals surface area contributed by atoms with Gasteiger partial charge in [-0.3, -0.25) is 37.3 Å². The third-order valence-electron chi connectivity index (χ3n) is 19.3. The summed E-state index contributed by atoms with van der Waals surface area (Å²) in [6.45, 7) is 7.33. The van der Waals surface area contributed by atoms with E-state index in [2.05, 4.69) is 34.6 Å². The second kappa shape index (κ2) is 74.9. The number of hydrogen-bond acceptors (Lipinski definition) is 15. The van der Waals surface area contributed by atoms with Crippen molar-refractivity contribution in [3.8, 4) is 0 Å². The Morgan fingerprint density at radius 2 is 0.455 bits per heavy atom. The largest absolute Gasteiger partial charge is 0.472 e. The average Bonchev–Trinajstić information content (AvgIpc) is 0.935. The number of ether oxygens (including phenoxy) is 4. The van der Waals surface area contributed by atoms with E-state index in [9.17, 15) is 43.2 Å². The number of hydrogen-bond donors (Lipinski definition) is 3. The molecule has 0 aromatic carbocycles. The Morgan fingerprint density at radius 1 is 0.267 bits per heavy atom. The van der Waals surface area contributed by atoms with Gasteiger partial charge in [0.05, 0.1) is 26.4 Å². The van der Waals surface area contributed by atoms with Crippen molar-refractivity contribution in [2.45, 2.75) is 457 Å². The van der Waals surface area contributed by atoms with Crippen molar-refractivity contribution in [3.63, 3.8) is 0 Å². The van der Waals surface area contributed by atoms with E-state index >= 15 is 0 Å². The number of carbonyl (C=O) groups excluding carboxylic acids is 4. The summed E-state index contributed by atoms with van der Waals surface area (Å²) in [5, 5.41) is 10.6. The molecule has 0 bridgehead atoms. The molecule has 0 saturated carbocycles. The lowest BCUT2D eigenvalue weighted by Crippen LogP contribution is -2.30. The van der Waals surface area contributed by atoms with Crippen molar-refractivity contribution in [1.82, 2.24) is 0 Å². The summed E-state index contributed by atoms with van der Waals surface area (Å²) >= 11 is 0. The Kier molecular flexibility index (Phi) is 73.5. The minimum absolute atomic E-state index is 0.109. The Balaban J connectivity index is 5.17. The van der Waals surface area contributed by atoms with Gasteiger partial charge in [0.2, 0.25) is 0 Å². The molecule has 0 rings (SSSR count). The fraction of sp³-hybridized carbons (Fsp3) is 0.951. The minimum atomic E-state index is -4.96. The summed E-state index contributed by atoms with van der Waals surface area (Å²) in [4.78, 5) is 72.9. The average molecular weight is 1480 g/mol.